The van der Waals surface area contributed by atoms with E-state index in [2.05, 4.69) is 27.4 Å². The molecule has 4 aliphatic rings. The Morgan fingerprint density at radius 3 is 2.19 bits per heavy atom. The summed E-state index contributed by atoms with van der Waals surface area (Å²) >= 11 is 0. The zero-order valence-electron chi connectivity index (χ0n) is 21.0. The monoisotopic (exact) mass is 448 g/mol. The number of rotatable bonds is 5. The van der Waals surface area contributed by atoms with E-state index in [4.69, 9.17) is 0 Å². The quantitative estimate of drug-likeness (QED) is 0.465. The van der Waals surface area contributed by atoms with Crippen LogP contribution in [-0.4, -0.2) is 44.8 Å². The van der Waals surface area contributed by atoms with Gasteiger partial charge in [0.15, 0.2) is 0 Å². The van der Waals surface area contributed by atoms with E-state index in [1.165, 1.54) is 32.1 Å². The maximum atomic E-state index is 11.1. The van der Waals surface area contributed by atoms with Crippen molar-refractivity contribution in [1.82, 2.24) is 0 Å². The molecular formula is C28H48O4. The summed E-state index contributed by atoms with van der Waals surface area (Å²) in [5, 5.41) is 42.7. The number of fused-ring (bicyclic) bond motifs is 5. The zero-order chi connectivity index (χ0) is 23.6. The maximum absolute atomic E-state index is 11.1. The van der Waals surface area contributed by atoms with Gasteiger partial charge in [0.25, 0.3) is 0 Å². The van der Waals surface area contributed by atoms with Crippen LogP contribution in [0.4, 0.5) is 0 Å². The van der Waals surface area contributed by atoms with Crippen LogP contribution in [0.2, 0.25) is 0 Å². The molecule has 0 radical (unpaired) electrons. The molecule has 4 aliphatic carbocycles. The maximum Gasteiger partial charge on any atom is 0.101 e. The lowest BCUT2D eigenvalue weighted by Gasteiger charge is -2.61. The number of aliphatic hydroxyl groups is 4. The van der Waals surface area contributed by atoms with Crippen LogP contribution < -0.4 is 0 Å². The highest BCUT2D eigenvalue weighted by molar-refractivity contribution is 5.13. The predicted octanol–water partition coefficient (Wildman–Crippen LogP) is 4.55. The van der Waals surface area contributed by atoms with Crippen molar-refractivity contribution in [3.8, 4) is 0 Å². The van der Waals surface area contributed by atoms with Crippen LogP contribution >= 0.6 is 0 Å². The fourth-order valence-corrected chi connectivity index (χ4v) is 9.27. The van der Waals surface area contributed by atoms with Gasteiger partial charge in [0.2, 0.25) is 0 Å². The molecule has 4 saturated carbocycles. The van der Waals surface area contributed by atoms with Gasteiger partial charge < -0.3 is 20.4 Å². The summed E-state index contributed by atoms with van der Waals surface area (Å²) in [4.78, 5) is 0. The topological polar surface area (TPSA) is 80.9 Å². The lowest BCUT2D eigenvalue weighted by Crippen LogP contribution is -2.57. The SMILES string of the molecule is C=C(C(C)C)[C@@H](O)[C@H](O)[C@@H](C)[C@H]1CC[C@H]2[C@@H]3CC[C@H]4C[C@H](O)[C@H](O)C[C@]4(C)[C@H]3CC[C@]12C. The summed E-state index contributed by atoms with van der Waals surface area (Å²) in [7, 11) is 0. The minimum absolute atomic E-state index is 0.0469. The van der Waals surface area contributed by atoms with E-state index in [0.29, 0.717) is 29.6 Å². The first-order valence-electron chi connectivity index (χ1n) is 13.3. The Kier molecular flexibility index (Phi) is 6.68. The molecule has 4 N–H and O–H groups in total. The van der Waals surface area contributed by atoms with Crippen LogP contribution in [0.5, 0.6) is 0 Å². The summed E-state index contributed by atoms with van der Waals surface area (Å²) in [6.07, 6.45) is 5.87. The molecule has 0 aliphatic heterocycles. The first-order valence-corrected chi connectivity index (χ1v) is 13.3. The molecular weight excluding hydrogens is 400 g/mol. The van der Waals surface area contributed by atoms with E-state index < -0.39 is 24.4 Å². The molecule has 0 heterocycles. The molecule has 4 nitrogen and oxygen atoms in total. The number of hydrogen-bond acceptors (Lipinski definition) is 4. The van der Waals surface area contributed by atoms with Crippen molar-refractivity contribution in [2.45, 2.75) is 110 Å². The Morgan fingerprint density at radius 2 is 1.53 bits per heavy atom. The molecule has 0 bridgehead atoms. The second kappa shape index (κ2) is 8.66. The van der Waals surface area contributed by atoms with Gasteiger partial charge >= 0.3 is 0 Å². The fraction of sp³-hybridized carbons (Fsp3) is 0.929. The van der Waals surface area contributed by atoms with Gasteiger partial charge in [-0.3, -0.25) is 0 Å². The van der Waals surface area contributed by atoms with E-state index in [1.54, 1.807) is 0 Å². The summed E-state index contributed by atoms with van der Waals surface area (Å²) < 4.78 is 0. The molecule has 184 valence electrons. The Balaban J connectivity index is 1.52. The van der Waals surface area contributed by atoms with Crippen molar-refractivity contribution in [2.75, 3.05) is 0 Å². The summed E-state index contributed by atoms with van der Waals surface area (Å²) in [5.41, 5.74) is 1.07. The van der Waals surface area contributed by atoms with Crippen LogP contribution in [-0.2, 0) is 0 Å². The molecule has 0 spiro atoms. The van der Waals surface area contributed by atoms with Crippen molar-refractivity contribution in [3.63, 3.8) is 0 Å². The molecule has 0 unspecified atom stereocenters. The van der Waals surface area contributed by atoms with Gasteiger partial charge in [0.05, 0.1) is 18.3 Å². The van der Waals surface area contributed by atoms with Crippen LogP contribution in [0, 0.1) is 52.3 Å². The van der Waals surface area contributed by atoms with E-state index in [9.17, 15) is 20.4 Å². The van der Waals surface area contributed by atoms with Gasteiger partial charge in [-0.05, 0) is 109 Å². The van der Waals surface area contributed by atoms with Gasteiger partial charge in [0, 0.05) is 0 Å². The highest BCUT2D eigenvalue weighted by atomic mass is 16.3. The fourth-order valence-electron chi connectivity index (χ4n) is 9.27. The van der Waals surface area contributed by atoms with E-state index in [-0.39, 0.29) is 22.7 Å². The van der Waals surface area contributed by atoms with Gasteiger partial charge in [-0.2, -0.15) is 0 Å². The average Bonchev–Trinajstić information content (AvgIpc) is 3.09. The molecule has 4 heteroatoms. The lowest BCUT2D eigenvalue weighted by molar-refractivity contribution is -0.162. The molecule has 0 aromatic carbocycles. The Hall–Kier alpha value is -0.420. The number of hydrogen-bond donors (Lipinski definition) is 4. The van der Waals surface area contributed by atoms with Crippen LogP contribution in [0.15, 0.2) is 12.2 Å². The Bertz CT molecular complexity index is 706. The Morgan fingerprint density at radius 1 is 0.875 bits per heavy atom. The highest BCUT2D eigenvalue weighted by Crippen LogP contribution is 2.68. The second-order valence-electron chi connectivity index (χ2n) is 13.0. The molecule has 4 rings (SSSR count). The molecule has 4 fully saturated rings. The first kappa shape index (κ1) is 24.7. The van der Waals surface area contributed by atoms with Gasteiger partial charge in [0.1, 0.15) is 6.10 Å². The third-order valence-corrected chi connectivity index (χ3v) is 11.4. The number of aliphatic hydroxyl groups excluding tert-OH is 4. The van der Waals surface area contributed by atoms with Crippen molar-refractivity contribution < 1.29 is 20.4 Å². The van der Waals surface area contributed by atoms with Crippen LogP contribution in [0.1, 0.15) is 86.0 Å². The van der Waals surface area contributed by atoms with Crippen LogP contribution in [0.3, 0.4) is 0 Å². The molecule has 0 amide bonds. The van der Waals surface area contributed by atoms with Crippen LogP contribution in [0.25, 0.3) is 0 Å². The van der Waals surface area contributed by atoms with E-state index >= 15 is 0 Å². The smallest absolute Gasteiger partial charge is 0.101 e. The minimum Gasteiger partial charge on any atom is -0.390 e. The van der Waals surface area contributed by atoms with Crippen molar-refractivity contribution in [1.29, 1.82) is 0 Å². The molecule has 0 aromatic heterocycles. The van der Waals surface area contributed by atoms with Crippen molar-refractivity contribution >= 4 is 0 Å². The molecule has 0 saturated heterocycles. The standard InChI is InChI=1S/C28H48O4/c1-15(2)16(3)25(31)26(32)17(4)20-9-10-21-19-8-7-18-13-23(29)24(30)14-28(18,6)22(19)11-12-27(20,21)5/h15,17-26,29-32H,3,7-14H2,1-2,4-6H3/t17-,18-,19-,20+,21-,22-,23-,24+,25+,26+,27+,28-/m0/s1. The second-order valence-corrected chi connectivity index (χ2v) is 13.0. The van der Waals surface area contributed by atoms with Crippen molar-refractivity contribution in [2.24, 2.45) is 52.3 Å². The van der Waals surface area contributed by atoms with Gasteiger partial charge in [-0.1, -0.05) is 41.2 Å². The normalized spacial score (nSPS) is 49.0. The van der Waals surface area contributed by atoms with Crippen molar-refractivity contribution in [3.05, 3.63) is 12.2 Å². The lowest BCUT2D eigenvalue weighted by atomic mass is 9.44. The summed E-state index contributed by atoms with van der Waals surface area (Å²) in [5.74, 6) is 3.13. The third-order valence-electron chi connectivity index (χ3n) is 11.4. The molecule has 0 aromatic rings. The average molecular weight is 449 g/mol. The Labute approximate surface area is 195 Å². The molecule has 12 atom stereocenters. The minimum atomic E-state index is -0.853. The summed E-state index contributed by atoms with van der Waals surface area (Å²) in [6.45, 7) is 15.1. The van der Waals surface area contributed by atoms with E-state index in [0.717, 1.165) is 24.8 Å². The van der Waals surface area contributed by atoms with Gasteiger partial charge in [-0.15, -0.1) is 0 Å². The summed E-state index contributed by atoms with van der Waals surface area (Å²) in [6, 6.07) is 0. The highest BCUT2D eigenvalue weighted by Gasteiger charge is 2.61. The third kappa shape index (κ3) is 3.72. The largest absolute Gasteiger partial charge is 0.390 e. The zero-order valence-corrected chi connectivity index (χ0v) is 21.0. The van der Waals surface area contributed by atoms with E-state index in [1.807, 2.05) is 13.8 Å². The molecule has 32 heavy (non-hydrogen) atoms. The first-order chi connectivity index (χ1) is 14.9. The van der Waals surface area contributed by atoms with Gasteiger partial charge in [-0.25, -0.2) is 0 Å². The predicted molar refractivity (Wildman–Crippen MR) is 128 cm³/mol.